The molecule has 2 heteroatoms. The lowest BCUT2D eigenvalue weighted by Crippen LogP contribution is -2.18. The lowest BCUT2D eigenvalue weighted by Gasteiger charge is -2.35. The van der Waals surface area contributed by atoms with Crippen molar-refractivity contribution in [2.75, 3.05) is 4.90 Å². The predicted octanol–water partition coefficient (Wildman–Crippen LogP) is 9.59. The zero-order valence-corrected chi connectivity index (χ0v) is 20.6. The van der Waals surface area contributed by atoms with Crippen molar-refractivity contribution >= 4 is 28.8 Å². The third-order valence-electron chi connectivity index (χ3n) is 7.45. The average molecular weight is 468 g/mol. The first-order chi connectivity index (χ1) is 17.1. The Morgan fingerprint density at radius 1 is 0.600 bits per heavy atom. The molecule has 168 valence electrons. The van der Waals surface area contributed by atoms with E-state index in [1.54, 1.807) is 0 Å². The molecule has 0 amide bonds. The molecule has 2 aliphatic rings. The quantitative estimate of drug-likeness (QED) is 0.249. The van der Waals surface area contributed by atoms with E-state index in [0.717, 1.165) is 0 Å². The second-order valence-corrected chi connectivity index (χ2v) is 10.9. The van der Waals surface area contributed by atoms with E-state index >= 15 is 0 Å². The molecule has 35 heavy (non-hydrogen) atoms. The zero-order valence-electron chi connectivity index (χ0n) is 19.8. The summed E-state index contributed by atoms with van der Waals surface area (Å²) in [5, 5.41) is 0. The lowest BCUT2D eigenvalue weighted by molar-refractivity contribution is 0.660. The molecule has 0 radical (unpaired) electrons. The smallest absolute Gasteiger partial charge is 0.0683 e. The number of nitrogens with zero attached hydrogens (tertiary/aromatic N) is 1. The van der Waals surface area contributed by atoms with Gasteiger partial charge in [0.05, 0.1) is 11.4 Å². The van der Waals surface area contributed by atoms with Gasteiger partial charge in [0.2, 0.25) is 0 Å². The van der Waals surface area contributed by atoms with Crippen LogP contribution in [-0.2, 0) is 5.41 Å². The van der Waals surface area contributed by atoms with Crippen molar-refractivity contribution in [3.05, 3.63) is 126 Å². The largest absolute Gasteiger partial charge is 0.308 e. The number of fused-ring (bicyclic) bond motifs is 6. The van der Waals surface area contributed by atoms with Crippen LogP contribution in [0.5, 0.6) is 0 Å². The molecule has 0 N–H and O–H groups in total. The van der Waals surface area contributed by atoms with Gasteiger partial charge in [0.1, 0.15) is 0 Å². The molecule has 1 aliphatic carbocycles. The molecule has 5 aromatic rings. The van der Waals surface area contributed by atoms with Gasteiger partial charge in [0, 0.05) is 26.5 Å². The maximum absolute atomic E-state index is 2.49. The molecule has 0 bridgehead atoms. The maximum Gasteiger partial charge on any atom is 0.0683 e. The van der Waals surface area contributed by atoms with Gasteiger partial charge in [-0.05, 0) is 58.1 Å². The highest BCUT2D eigenvalue weighted by atomic mass is 32.2. The number of hydrogen-bond donors (Lipinski definition) is 0. The van der Waals surface area contributed by atoms with Crippen LogP contribution in [0.1, 0.15) is 25.0 Å². The van der Waals surface area contributed by atoms with Gasteiger partial charge in [-0.3, -0.25) is 0 Å². The Bertz CT molecular complexity index is 1590. The number of hydrogen-bond acceptors (Lipinski definition) is 2. The highest BCUT2D eigenvalue weighted by Gasteiger charge is 2.40. The van der Waals surface area contributed by atoms with Crippen LogP contribution in [0.4, 0.5) is 17.1 Å². The summed E-state index contributed by atoms with van der Waals surface area (Å²) in [5.41, 5.74) is 11.7. The van der Waals surface area contributed by atoms with E-state index < -0.39 is 0 Å². The van der Waals surface area contributed by atoms with Crippen LogP contribution in [0.15, 0.2) is 125 Å². The summed E-state index contributed by atoms with van der Waals surface area (Å²) in [6.45, 7) is 4.71. The number of rotatable bonds is 2. The maximum atomic E-state index is 2.49. The molecular formula is C33H25NS. The Morgan fingerprint density at radius 2 is 1.29 bits per heavy atom. The Hall–Kier alpha value is -3.75. The molecule has 1 nitrogen and oxygen atoms in total. The number of para-hydroxylation sites is 1. The Labute approximate surface area is 211 Å². The van der Waals surface area contributed by atoms with Crippen molar-refractivity contribution in [3.63, 3.8) is 0 Å². The second-order valence-electron chi connectivity index (χ2n) is 9.83. The predicted molar refractivity (Wildman–Crippen MR) is 148 cm³/mol. The minimum atomic E-state index is -0.0276. The first kappa shape index (κ1) is 20.6. The van der Waals surface area contributed by atoms with E-state index in [1.807, 2.05) is 11.8 Å². The zero-order chi connectivity index (χ0) is 23.6. The summed E-state index contributed by atoms with van der Waals surface area (Å²) in [6.07, 6.45) is 0. The van der Waals surface area contributed by atoms with E-state index in [9.17, 15) is 0 Å². The van der Waals surface area contributed by atoms with Crippen molar-refractivity contribution in [3.8, 4) is 22.3 Å². The van der Waals surface area contributed by atoms with Crippen LogP contribution in [0, 0.1) is 0 Å². The van der Waals surface area contributed by atoms with Crippen molar-refractivity contribution in [2.24, 2.45) is 0 Å². The summed E-state index contributed by atoms with van der Waals surface area (Å²) < 4.78 is 0. The molecule has 0 unspecified atom stereocenters. The monoisotopic (exact) mass is 467 g/mol. The van der Waals surface area contributed by atoms with Gasteiger partial charge in [-0.15, -0.1) is 0 Å². The van der Waals surface area contributed by atoms with Crippen molar-refractivity contribution in [2.45, 2.75) is 29.1 Å². The summed E-state index contributed by atoms with van der Waals surface area (Å²) in [5.74, 6) is 0. The third-order valence-corrected chi connectivity index (χ3v) is 8.56. The van der Waals surface area contributed by atoms with Crippen molar-refractivity contribution in [1.82, 2.24) is 0 Å². The first-order valence-electron chi connectivity index (χ1n) is 12.1. The topological polar surface area (TPSA) is 3.24 Å². The fourth-order valence-electron chi connectivity index (χ4n) is 5.73. The van der Waals surface area contributed by atoms with Crippen molar-refractivity contribution in [1.29, 1.82) is 0 Å². The SMILES string of the molecule is CC1(C)c2ccccc2-c2c1ccc1c2N(c2ccccc2)c2cc(-c3ccccc3)ccc2S1. The molecule has 1 heterocycles. The van der Waals surface area contributed by atoms with Gasteiger partial charge in [0.25, 0.3) is 0 Å². The van der Waals surface area contributed by atoms with Crippen LogP contribution >= 0.6 is 11.8 Å². The van der Waals surface area contributed by atoms with Gasteiger partial charge in [0.15, 0.2) is 0 Å². The van der Waals surface area contributed by atoms with Crippen LogP contribution in [-0.4, -0.2) is 0 Å². The van der Waals surface area contributed by atoms with Crippen LogP contribution in [0.3, 0.4) is 0 Å². The molecule has 0 fully saturated rings. The van der Waals surface area contributed by atoms with Crippen molar-refractivity contribution < 1.29 is 0 Å². The average Bonchev–Trinajstić information content (AvgIpc) is 3.15. The van der Waals surface area contributed by atoms with E-state index in [4.69, 9.17) is 0 Å². The molecule has 0 saturated heterocycles. The Kier molecular flexibility index (Phi) is 4.49. The number of benzene rings is 5. The van der Waals surface area contributed by atoms with Crippen LogP contribution in [0.2, 0.25) is 0 Å². The summed E-state index contributed by atoms with van der Waals surface area (Å²) in [6, 6.07) is 42.0. The van der Waals surface area contributed by atoms with E-state index in [1.165, 1.54) is 60.2 Å². The highest BCUT2D eigenvalue weighted by Crippen LogP contribution is 2.60. The Morgan fingerprint density at radius 3 is 2.09 bits per heavy atom. The summed E-state index contributed by atoms with van der Waals surface area (Å²) >= 11 is 1.88. The molecule has 0 atom stereocenters. The Balaban J connectivity index is 1.53. The highest BCUT2D eigenvalue weighted by molar-refractivity contribution is 7.99. The van der Waals surface area contributed by atoms with Crippen LogP contribution in [0.25, 0.3) is 22.3 Å². The van der Waals surface area contributed by atoms with E-state index in [0.29, 0.717) is 0 Å². The van der Waals surface area contributed by atoms with Gasteiger partial charge >= 0.3 is 0 Å². The molecule has 1 aliphatic heterocycles. The van der Waals surface area contributed by atoms with Gasteiger partial charge in [-0.1, -0.05) is 111 Å². The summed E-state index contributed by atoms with van der Waals surface area (Å²) in [7, 11) is 0. The second kappa shape index (κ2) is 7.63. The van der Waals surface area contributed by atoms with E-state index in [2.05, 4.69) is 134 Å². The van der Waals surface area contributed by atoms with E-state index in [-0.39, 0.29) is 5.41 Å². The lowest BCUT2D eigenvalue weighted by atomic mass is 9.82. The van der Waals surface area contributed by atoms with Crippen LogP contribution < -0.4 is 4.90 Å². The minimum Gasteiger partial charge on any atom is -0.308 e. The normalized spacial score (nSPS) is 14.6. The van der Waals surface area contributed by atoms with Gasteiger partial charge in [-0.25, -0.2) is 0 Å². The molecule has 0 spiro atoms. The molecule has 0 saturated carbocycles. The third kappa shape index (κ3) is 3.03. The summed E-state index contributed by atoms with van der Waals surface area (Å²) in [4.78, 5) is 5.08. The minimum absolute atomic E-state index is 0.0276. The first-order valence-corrected chi connectivity index (χ1v) is 12.9. The molecule has 7 rings (SSSR count). The van der Waals surface area contributed by atoms with Gasteiger partial charge < -0.3 is 4.90 Å². The molecule has 0 aromatic heterocycles. The molecular weight excluding hydrogens is 442 g/mol. The fourth-order valence-corrected chi connectivity index (χ4v) is 6.79. The standard InChI is InChI=1S/C33H25NS/c1-33(2)26-16-10-9-15-25(26)31-27(33)18-20-30-32(31)34(24-13-7-4-8-14-24)28-21-23(17-19-29(28)35-30)22-11-5-3-6-12-22/h3-21H,1-2H3. The number of anilines is 3. The van der Waals surface area contributed by atoms with Gasteiger partial charge in [-0.2, -0.15) is 0 Å². The molecule has 5 aromatic carbocycles. The fraction of sp³-hybridized carbons (Fsp3) is 0.0909.